The number of aromatic nitrogens is 1. The van der Waals surface area contributed by atoms with E-state index >= 15 is 0 Å². The summed E-state index contributed by atoms with van der Waals surface area (Å²) >= 11 is 0. The molecule has 1 saturated heterocycles. The number of nitriles is 1. The Morgan fingerprint density at radius 1 is 1.12 bits per heavy atom. The monoisotopic (exact) mass is 319 g/mol. The molecule has 5 heteroatoms. The molecule has 3 aromatic rings. The number of aliphatic hydroxyl groups excluding tert-OH is 1. The van der Waals surface area contributed by atoms with Crippen LogP contribution in [0, 0.1) is 11.3 Å². The summed E-state index contributed by atoms with van der Waals surface area (Å²) in [5, 5.41) is 21.2. The van der Waals surface area contributed by atoms with E-state index in [4.69, 9.17) is 4.42 Å². The number of rotatable bonds is 2. The number of benzene rings is 2. The second kappa shape index (κ2) is 5.99. The minimum atomic E-state index is -0.271. The average molecular weight is 319 g/mol. The van der Waals surface area contributed by atoms with Gasteiger partial charge in [0, 0.05) is 18.7 Å². The van der Waals surface area contributed by atoms with Gasteiger partial charge in [-0.05, 0) is 29.7 Å². The van der Waals surface area contributed by atoms with Crippen LogP contribution in [0.4, 0.5) is 5.88 Å². The fraction of sp³-hybridized carbons (Fsp3) is 0.263. The number of piperidine rings is 1. The van der Waals surface area contributed by atoms with Crippen LogP contribution in [-0.4, -0.2) is 29.3 Å². The molecule has 1 aromatic heterocycles. The highest BCUT2D eigenvalue weighted by atomic mass is 16.4. The van der Waals surface area contributed by atoms with Gasteiger partial charge in [0.1, 0.15) is 6.07 Å². The van der Waals surface area contributed by atoms with Crippen LogP contribution < -0.4 is 4.90 Å². The highest BCUT2D eigenvalue weighted by Gasteiger charge is 2.25. The summed E-state index contributed by atoms with van der Waals surface area (Å²) in [6.07, 6.45) is 1.08. The standard InChI is InChI=1S/C19H17N3O2/c20-12-17-19(22-10-8-14(23)9-11-22)24-18(21-17)16-7-3-5-13-4-1-2-6-15(13)16/h1-7,14,23H,8-11H2. The zero-order valence-electron chi connectivity index (χ0n) is 13.1. The largest absolute Gasteiger partial charge is 0.419 e. The van der Waals surface area contributed by atoms with Gasteiger partial charge in [0.15, 0.2) is 0 Å². The third-order valence-electron chi connectivity index (χ3n) is 4.49. The quantitative estimate of drug-likeness (QED) is 0.784. The van der Waals surface area contributed by atoms with E-state index in [1.807, 2.05) is 47.4 Å². The van der Waals surface area contributed by atoms with Crippen molar-refractivity contribution in [2.24, 2.45) is 0 Å². The van der Waals surface area contributed by atoms with Crippen LogP contribution in [0.25, 0.3) is 22.2 Å². The maximum absolute atomic E-state index is 9.66. The van der Waals surface area contributed by atoms with E-state index in [-0.39, 0.29) is 6.10 Å². The molecule has 0 radical (unpaired) electrons. The van der Waals surface area contributed by atoms with Crippen molar-refractivity contribution in [3.8, 4) is 17.5 Å². The number of nitrogens with zero attached hydrogens (tertiary/aromatic N) is 3. The lowest BCUT2D eigenvalue weighted by Crippen LogP contribution is -2.35. The van der Waals surface area contributed by atoms with E-state index in [0.717, 1.165) is 16.3 Å². The highest BCUT2D eigenvalue weighted by Crippen LogP contribution is 2.33. The number of oxazole rings is 1. The van der Waals surface area contributed by atoms with Gasteiger partial charge in [-0.25, -0.2) is 0 Å². The molecule has 0 bridgehead atoms. The molecular formula is C19H17N3O2. The van der Waals surface area contributed by atoms with Gasteiger partial charge in [0.05, 0.1) is 6.10 Å². The Labute approximate surface area is 139 Å². The lowest BCUT2D eigenvalue weighted by atomic mass is 10.0. The predicted octanol–water partition coefficient (Wildman–Crippen LogP) is 3.33. The summed E-state index contributed by atoms with van der Waals surface area (Å²) in [4.78, 5) is 6.40. The van der Waals surface area contributed by atoms with Crippen molar-refractivity contribution in [3.05, 3.63) is 48.2 Å². The van der Waals surface area contributed by atoms with Crippen molar-refractivity contribution >= 4 is 16.7 Å². The van der Waals surface area contributed by atoms with E-state index in [9.17, 15) is 10.4 Å². The molecule has 0 atom stereocenters. The molecule has 0 saturated carbocycles. The maximum atomic E-state index is 9.66. The van der Waals surface area contributed by atoms with Crippen molar-refractivity contribution in [1.82, 2.24) is 4.98 Å². The van der Waals surface area contributed by atoms with Crippen LogP contribution >= 0.6 is 0 Å². The van der Waals surface area contributed by atoms with Crippen molar-refractivity contribution < 1.29 is 9.52 Å². The lowest BCUT2D eigenvalue weighted by molar-refractivity contribution is 0.144. The van der Waals surface area contributed by atoms with E-state index in [1.54, 1.807) is 0 Å². The molecular weight excluding hydrogens is 302 g/mol. The van der Waals surface area contributed by atoms with Crippen LogP contribution in [0.15, 0.2) is 46.9 Å². The molecule has 0 spiro atoms. The van der Waals surface area contributed by atoms with Crippen LogP contribution in [0.1, 0.15) is 18.5 Å². The molecule has 24 heavy (non-hydrogen) atoms. The summed E-state index contributed by atoms with van der Waals surface area (Å²) in [7, 11) is 0. The van der Waals surface area contributed by atoms with Gasteiger partial charge >= 0.3 is 0 Å². The highest BCUT2D eigenvalue weighted by molar-refractivity contribution is 5.94. The van der Waals surface area contributed by atoms with Gasteiger partial charge in [-0.3, -0.25) is 0 Å². The molecule has 1 N–H and O–H groups in total. The Balaban J connectivity index is 1.78. The Kier molecular flexibility index (Phi) is 3.68. The van der Waals surface area contributed by atoms with Gasteiger partial charge < -0.3 is 14.4 Å². The smallest absolute Gasteiger partial charge is 0.235 e. The average Bonchev–Trinajstić information content (AvgIpc) is 3.06. The van der Waals surface area contributed by atoms with Crippen molar-refractivity contribution in [1.29, 1.82) is 5.26 Å². The third-order valence-corrected chi connectivity index (χ3v) is 4.49. The third kappa shape index (κ3) is 2.51. The number of fused-ring (bicyclic) bond motifs is 1. The van der Waals surface area contributed by atoms with Gasteiger partial charge in [-0.15, -0.1) is 0 Å². The first-order valence-electron chi connectivity index (χ1n) is 8.08. The second-order valence-corrected chi connectivity index (χ2v) is 6.03. The SMILES string of the molecule is N#Cc1nc(-c2cccc3ccccc23)oc1N1CCC(O)CC1. The number of aliphatic hydroxyl groups is 1. The molecule has 0 amide bonds. The zero-order valence-corrected chi connectivity index (χ0v) is 13.1. The van der Waals surface area contributed by atoms with Gasteiger partial charge in [0.2, 0.25) is 17.5 Å². The van der Waals surface area contributed by atoms with Crippen molar-refractivity contribution in [2.45, 2.75) is 18.9 Å². The van der Waals surface area contributed by atoms with Gasteiger partial charge in [-0.1, -0.05) is 36.4 Å². The minimum absolute atomic E-state index is 0.271. The maximum Gasteiger partial charge on any atom is 0.235 e. The molecule has 2 aromatic carbocycles. The number of hydrogen-bond acceptors (Lipinski definition) is 5. The van der Waals surface area contributed by atoms with Gasteiger partial charge in [0.25, 0.3) is 0 Å². The summed E-state index contributed by atoms with van der Waals surface area (Å²) in [6, 6.07) is 16.1. The Hall–Kier alpha value is -2.84. The summed E-state index contributed by atoms with van der Waals surface area (Å²) < 4.78 is 5.99. The van der Waals surface area contributed by atoms with Crippen LogP contribution in [-0.2, 0) is 0 Å². The lowest BCUT2D eigenvalue weighted by Gasteiger charge is -2.28. The Bertz CT molecular complexity index is 913. The van der Waals surface area contributed by atoms with Crippen LogP contribution in [0.3, 0.4) is 0 Å². The molecule has 5 nitrogen and oxygen atoms in total. The molecule has 0 aliphatic carbocycles. The molecule has 2 heterocycles. The molecule has 4 rings (SSSR count). The molecule has 1 aliphatic rings. The molecule has 1 aliphatic heterocycles. The summed E-state index contributed by atoms with van der Waals surface area (Å²) in [6.45, 7) is 1.33. The first kappa shape index (κ1) is 14.7. The normalized spacial score (nSPS) is 15.6. The van der Waals surface area contributed by atoms with Crippen molar-refractivity contribution in [3.63, 3.8) is 0 Å². The summed E-state index contributed by atoms with van der Waals surface area (Å²) in [5.41, 5.74) is 1.18. The summed E-state index contributed by atoms with van der Waals surface area (Å²) in [5.74, 6) is 0.969. The first-order chi connectivity index (χ1) is 11.8. The van der Waals surface area contributed by atoms with E-state index in [1.165, 1.54) is 0 Å². The van der Waals surface area contributed by atoms with E-state index in [0.29, 0.717) is 43.4 Å². The Morgan fingerprint density at radius 2 is 1.88 bits per heavy atom. The minimum Gasteiger partial charge on any atom is -0.419 e. The van der Waals surface area contributed by atoms with E-state index < -0.39 is 0 Å². The topological polar surface area (TPSA) is 73.3 Å². The fourth-order valence-electron chi connectivity index (χ4n) is 3.20. The molecule has 1 fully saturated rings. The number of hydrogen-bond donors (Lipinski definition) is 1. The van der Waals surface area contributed by atoms with Crippen molar-refractivity contribution in [2.75, 3.05) is 18.0 Å². The molecule has 120 valence electrons. The van der Waals surface area contributed by atoms with Crippen LogP contribution in [0.5, 0.6) is 0 Å². The number of anilines is 1. The van der Waals surface area contributed by atoms with Gasteiger partial charge in [-0.2, -0.15) is 10.2 Å². The second-order valence-electron chi connectivity index (χ2n) is 6.03. The predicted molar refractivity (Wildman–Crippen MR) is 91.6 cm³/mol. The fourth-order valence-corrected chi connectivity index (χ4v) is 3.20. The van der Waals surface area contributed by atoms with E-state index in [2.05, 4.69) is 11.1 Å². The molecule has 0 unspecified atom stereocenters. The first-order valence-corrected chi connectivity index (χ1v) is 8.08. The zero-order chi connectivity index (χ0) is 16.5. The van der Waals surface area contributed by atoms with Crippen LogP contribution in [0.2, 0.25) is 0 Å². The Morgan fingerprint density at radius 3 is 2.67 bits per heavy atom.